The van der Waals surface area contributed by atoms with Gasteiger partial charge in [0.2, 0.25) is 0 Å². The second kappa shape index (κ2) is 12.0. The monoisotopic (exact) mass is 431 g/mol. The first-order valence-electron chi connectivity index (χ1n) is 11.6. The van der Waals surface area contributed by atoms with Gasteiger partial charge in [0.15, 0.2) is 5.78 Å². The SMILES string of the molecule is [B][B]C(NC(C)(O)CC)C(=O)C(CC)(CC)C(C)(CC)NC([B])C(=O)C(O)(CC)CC. The second-order valence-corrected chi connectivity index (χ2v) is 9.01. The van der Waals surface area contributed by atoms with E-state index >= 15 is 0 Å². The Morgan fingerprint density at radius 3 is 1.65 bits per heavy atom. The molecule has 6 nitrogen and oxygen atoms in total. The summed E-state index contributed by atoms with van der Waals surface area (Å²) in [5.74, 6) is -2.67. The molecule has 0 aliphatic carbocycles. The molecule has 0 bridgehead atoms. The van der Waals surface area contributed by atoms with Gasteiger partial charge in [0.05, 0.1) is 7.17 Å². The Hall–Kier alpha value is -0.625. The summed E-state index contributed by atoms with van der Waals surface area (Å²) in [5.41, 5.74) is -4.55. The summed E-state index contributed by atoms with van der Waals surface area (Å²) in [5, 5.41) is 27.2. The first kappa shape index (κ1) is 30.4. The zero-order valence-corrected chi connectivity index (χ0v) is 20.8. The highest BCUT2D eigenvalue weighted by molar-refractivity contribution is 6.92. The van der Waals surface area contributed by atoms with E-state index < -0.39 is 39.9 Å². The van der Waals surface area contributed by atoms with Crippen LogP contribution in [0.2, 0.25) is 0 Å². The van der Waals surface area contributed by atoms with E-state index in [1.807, 2.05) is 34.6 Å². The maximum Gasteiger partial charge on any atom is 0.171 e. The molecular formula is C22H42B3N2O4. The molecule has 0 saturated carbocycles. The third kappa shape index (κ3) is 6.46. The number of carbonyl (C=O) groups is 2. The third-order valence-electron chi connectivity index (χ3n) is 7.46. The number of nitrogens with one attached hydrogen (secondary N) is 2. The van der Waals surface area contributed by atoms with Crippen molar-refractivity contribution < 1.29 is 19.8 Å². The molecule has 5 radical (unpaired) electrons. The van der Waals surface area contributed by atoms with Crippen molar-refractivity contribution in [1.29, 1.82) is 0 Å². The molecule has 0 aromatic heterocycles. The fourth-order valence-electron chi connectivity index (χ4n) is 4.46. The molecule has 0 rings (SSSR count). The highest BCUT2D eigenvalue weighted by atomic mass is 16.3. The summed E-state index contributed by atoms with van der Waals surface area (Å²) < 4.78 is 0. The molecule has 31 heavy (non-hydrogen) atoms. The number of Topliss-reactive ketones (excluding diaryl/α,β-unsaturated/α-hetero) is 2. The standard InChI is InChI=1S/C22H42B3N2O4/c1-9-19(7,26-17(23)15(28)22(31,13-5)14-6)21(11-3,12-4)16(29)18(25-24)27-20(8,30)10-2/h17-18,26-27,30-31H,9-14H2,1-8H3. The van der Waals surface area contributed by atoms with Gasteiger partial charge in [0.1, 0.15) is 25.0 Å². The van der Waals surface area contributed by atoms with Gasteiger partial charge in [-0.15, -0.1) is 0 Å². The van der Waals surface area contributed by atoms with E-state index in [0.717, 1.165) is 0 Å². The normalized spacial score (nSPS) is 18.5. The highest BCUT2D eigenvalue weighted by Crippen LogP contribution is 2.43. The first-order chi connectivity index (χ1) is 14.2. The van der Waals surface area contributed by atoms with Crippen LogP contribution in [-0.2, 0) is 9.59 Å². The van der Waals surface area contributed by atoms with E-state index in [0.29, 0.717) is 25.7 Å². The Labute approximate surface area is 193 Å². The topological polar surface area (TPSA) is 98.7 Å². The van der Waals surface area contributed by atoms with Crippen molar-refractivity contribution in [2.75, 3.05) is 0 Å². The number of rotatable bonds is 16. The Morgan fingerprint density at radius 1 is 0.839 bits per heavy atom. The van der Waals surface area contributed by atoms with E-state index in [9.17, 15) is 19.8 Å². The predicted octanol–water partition coefficient (Wildman–Crippen LogP) is 1.56. The van der Waals surface area contributed by atoms with Gasteiger partial charge in [-0.1, -0.05) is 41.5 Å². The number of ketones is 2. The van der Waals surface area contributed by atoms with Crippen molar-refractivity contribution in [2.45, 2.75) is 123 Å². The van der Waals surface area contributed by atoms with E-state index in [4.69, 9.17) is 15.6 Å². The van der Waals surface area contributed by atoms with E-state index in [1.165, 1.54) is 7.17 Å². The molecule has 0 aliphatic rings. The van der Waals surface area contributed by atoms with Crippen LogP contribution in [0.5, 0.6) is 0 Å². The second-order valence-electron chi connectivity index (χ2n) is 9.01. The Morgan fingerprint density at radius 2 is 1.32 bits per heavy atom. The van der Waals surface area contributed by atoms with Crippen molar-refractivity contribution in [3.63, 3.8) is 0 Å². The van der Waals surface area contributed by atoms with Gasteiger partial charge >= 0.3 is 0 Å². The minimum atomic E-state index is -1.51. The van der Waals surface area contributed by atoms with Crippen molar-refractivity contribution in [1.82, 2.24) is 10.6 Å². The van der Waals surface area contributed by atoms with Crippen LogP contribution < -0.4 is 10.6 Å². The third-order valence-corrected chi connectivity index (χ3v) is 7.46. The Bertz CT molecular complexity index is 595. The molecule has 9 heteroatoms. The molecule has 0 aliphatic heterocycles. The Kier molecular flexibility index (Phi) is 11.8. The van der Waals surface area contributed by atoms with E-state index in [-0.39, 0.29) is 18.6 Å². The van der Waals surface area contributed by atoms with Crippen LogP contribution in [0.3, 0.4) is 0 Å². The fraction of sp³-hybridized carbons (Fsp3) is 0.909. The van der Waals surface area contributed by atoms with Crippen LogP contribution in [0.1, 0.15) is 93.9 Å². The summed E-state index contributed by atoms with van der Waals surface area (Å²) in [4.78, 5) is 26.7. The number of hydrogen-bond acceptors (Lipinski definition) is 6. The minimum Gasteiger partial charge on any atom is -0.382 e. The van der Waals surface area contributed by atoms with Crippen LogP contribution >= 0.6 is 0 Å². The number of aliphatic hydroxyl groups is 2. The maximum atomic E-state index is 13.8. The first-order valence-corrected chi connectivity index (χ1v) is 11.6. The summed E-state index contributed by atoms with van der Waals surface area (Å²) in [6, 6.07) is 0. The molecule has 0 aromatic rings. The average Bonchev–Trinajstić information content (AvgIpc) is 2.77. The summed E-state index contributed by atoms with van der Waals surface area (Å²) in [7, 11) is 13.3. The van der Waals surface area contributed by atoms with Crippen molar-refractivity contribution in [3.8, 4) is 0 Å². The molecule has 173 valence electrons. The minimum absolute atomic E-state index is 0.175. The molecule has 4 atom stereocenters. The molecule has 0 saturated heterocycles. The molecule has 0 aromatic carbocycles. The van der Waals surface area contributed by atoms with Gasteiger partial charge in [-0.25, -0.2) is 0 Å². The lowest BCUT2D eigenvalue weighted by Crippen LogP contribution is -2.68. The molecule has 4 unspecified atom stereocenters. The molecule has 4 N–H and O–H groups in total. The van der Waals surface area contributed by atoms with Gasteiger partial charge < -0.3 is 15.5 Å². The number of hydrogen-bond donors (Lipinski definition) is 4. The summed E-state index contributed by atoms with van der Waals surface area (Å²) in [6.45, 7) is 14.5. The molecular weight excluding hydrogens is 389 g/mol. The lowest BCUT2D eigenvalue weighted by molar-refractivity contribution is -0.142. The van der Waals surface area contributed by atoms with Crippen molar-refractivity contribution in [2.24, 2.45) is 5.41 Å². The summed E-state index contributed by atoms with van der Waals surface area (Å²) >= 11 is 0. The van der Waals surface area contributed by atoms with Gasteiger partial charge in [-0.3, -0.25) is 14.9 Å². The lowest BCUT2D eigenvalue weighted by Gasteiger charge is -2.51. The average molecular weight is 431 g/mol. The zero-order chi connectivity index (χ0) is 24.7. The van der Waals surface area contributed by atoms with Crippen LogP contribution in [0, 0.1) is 5.41 Å². The quantitative estimate of drug-likeness (QED) is 0.219. The van der Waals surface area contributed by atoms with E-state index in [1.54, 1.807) is 20.8 Å². The van der Waals surface area contributed by atoms with Crippen molar-refractivity contribution >= 4 is 34.3 Å². The summed E-state index contributed by atoms with van der Waals surface area (Å²) in [6.07, 6.45) is 2.38. The molecule has 0 amide bonds. The van der Waals surface area contributed by atoms with Gasteiger partial charge in [-0.05, 0) is 52.4 Å². The van der Waals surface area contributed by atoms with Gasteiger partial charge in [0.25, 0.3) is 0 Å². The molecule has 0 fully saturated rings. The highest BCUT2D eigenvalue weighted by Gasteiger charge is 2.53. The fourth-order valence-corrected chi connectivity index (χ4v) is 4.46. The largest absolute Gasteiger partial charge is 0.382 e. The molecule has 0 spiro atoms. The molecule has 0 heterocycles. The predicted molar refractivity (Wildman–Crippen MR) is 129 cm³/mol. The maximum absolute atomic E-state index is 13.8. The van der Waals surface area contributed by atoms with Crippen LogP contribution in [-0.4, -0.2) is 73.3 Å². The van der Waals surface area contributed by atoms with Crippen LogP contribution in [0.25, 0.3) is 0 Å². The van der Waals surface area contributed by atoms with E-state index in [2.05, 4.69) is 10.6 Å². The lowest BCUT2D eigenvalue weighted by atomic mass is 9.45. The smallest absolute Gasteiger partial charge is 0.171 e. The van der Waals surface area contributed by atoms with Gasteiger partial charge in [-0.2, -0.15) is 0 Å². The number of carbonyl (C=O) groups excluding carboxylic acids is 2. The van der Waals surface area contributed by atoms with Crippen LogP contribution in [0.15, 0.2) is 0 Å². The zero-order valence-electron chi connectivity index (χ0n) is 20.8. The van der Waals surface area contributed by atoms with Crippen molar-refractivity contribution in [3.05, 3.63) is 0 Å². The Balaban J connectivity index is 6.18. The van der Waals surface area contributed by atoms with Crippen LogP contribution in [0.4, 0.5) is 0 Å². The van der Waals surface area contributed by atoms with Gasteiger partial charge in [0, 0.05) is 30.6 Å².